The number of hydrogen-bond acceptors (Lipinski definition) is 4. The number of carbonyl (C=O) groups is 2. The third kappa shape index (κ3) is 5.29. The van der Waals surface area contributed by atoms with Crippen molar-refractivity contribution in [2.75, 3.05) is 19.6 Å². The average molecular weight is 450 g/mol. The zero-order valence-corrected chi connectivity index (χ0v) is 20.1. The van der Waals surface area contributed by atoms with Crippen LogP contribution in [0.25, 0.3) is 0 Å². The summed E-state index contributed by atoms with van der Waals surface area (Å²) in [5.41, 5.74) is 4.58. The Morgan fingerprint density at radius 1 is 0.871 bits per heavy atom. The van der Waals surface area contributed by atoms with Gasteiger partial charge in [0.15, 0.2) is 0 Å². The molecule has 1 heterocycles. The highest BCUT2D eigenvalue weighted by molar-refractivity contribution is 7.89. The van der Waals surface area contributed by atoms with Crippen molar-refractivity contribution < 1.29 is 18.0 Å². The van der Waals surface area contributed by atoms with Crippen molar-refractivity contribution in [1.29, 1.82) is 0 Å². The number of nitrogens with one attached hydrogen (secondary N) is 2. The quantitative estimate of drug-likeness (QED) is 0.668. The van der Waals surface area contributed by atoms with Crippen molar-refractivity contribution in [2.24, 2.45) is 5.92 Å². The second kappa shape index (κ2) is 9.28. The third-order valence-corrected chi connectivity index (χ3v) is 8.68. The minimum atomic E-state index is -3.71. The van der Waals surface area contributed by atoms with Crippen LogP contribution < -0.4 is 10.0 Å². The first-order valence-electron chi connectivity index (χ1n) is 11.2. The van der Waals surface area contributed by atoms with E-state index in [0.717, 1.165) is 53.5 Å². The predicted octanol–water partition coefficient (Wildman–Crippen LogP) is 2.41. The summed E-state index contributed by atoms with van der Waals surface area (Å²) in [7, 11) is -3.71. The summed E-state index contributed by atoms with van der Waals surface area (Å²) in [5.74, 6) is 0.318. The molecule has 1 aromatic rings. The molecule has 1 saturated carbocycles. The lowest BCUT2D eigenvalue weighted by Gasteiger charge is -2.32. The molecule has 2 aliphatic rings. The number of carbonyl (C=O) groups excluding carboxylic acids is 2. The van der Waals surface area contributed by atoms with E-state index < -0.39 is 10.0 Å². The van der Waals surface area contributed by atoms with E-state index in [1.807, 2.05) is 39.5 Å². The molecule has 0 aromatic heterocycles. The maximum absolute atomic E-state index is 12.9. The zero-order chi connectivity index (χ0) is 22.9. The maximum Gasteiger partial charge on any atom is 0.241 e. The minimum absolute atomic E-state index is 0.0410. The Morgan fingerprint density at radius 2 is 1.39 bits per heavy atom. The highest BCUT2D eigenvalue weighted by atomic mass is 32.2. The summed E-state index contributed by atoms with van der Waals surface area (Å²) in [6, 6.07) is 0.0410. The summed E-state index contributed by atoms with van der Waals surface area (Å²) in [4.78, 5) is 26.7. The molecule has 1 aromatic carbocycles. The zero-order valence-electron chi connectivity index (χ0n) is 19.3. The third-order valence-electron chi connectivity index (χ3n) is 6.94. The molecule has 1 aliphatic heterocycles. The predicted molar refractivity (Wildman–Crippen MR) is 120 cm³/mol. The summed E-state index contributed by atoms with van der Waals surface area (Å²) in [5, 5.41) is 2.99. The van der Waals surface area contributed by atoms with Gasteiger partial charge in [0.05, 0.1) is 4.90 Å². The van der Waals surface area contributed by atoms with Gasteiger partial charge in [-0.2, -0.15) is 0 Å². The van der Waals surface area contributed by atoms with Crippen molar-refractivity contribution in [3.05, 3.63) is 27.8 Å². The van der Waals surface area contributed by atoms with Crippen molar-refractivity contribution in [3.8, 4) is 0 Å². The molecule has 0 spiro atoms. The van der Waals surface area contributed by atoms with Crippen molar-refractivity contribution in [1.82, 2.24) is 14.9 Å². The van der Waals surface area contributed by atoms with Crippen LogP contribution in [0.15, 0.2) is 4.90 Å². The summed E-state index contributed by atoms with van der Waals surface area (Å²) >= 11 is 0. The molecular weight excluding hydrogens is 414 g/mol. The highest BCUT2D eigenvalue weighted by Gasteiger charge is 2.35. The Labute approximate surface area is 186 Å². The molecule has 2 N–H and O–H groups in total. The largest absolute Gasteiger partial charge is 0.353 e. The lowest BCUT2D eigenvalue weighted by molar-refractivity contribution is -0.133. The molecule has 8 heteroatoms. The SMILES string of the molecule is Cc1c(C)c(C)c(S(=O)(=O)NCCC(=O)NC2CCN(C(=O)C3CC3)CC2)c(C)c1C. The average Bonchev–Trinajstić information content (AvgIpc) is 3.56. The number of benzene rings is 1. The molecule has 2 fully saturated rings. The van der Waals surface area contributed by atoms with Crippen LogP contribution >= 0.6 is 0 Å². The molecule has 1 aliphatic carbocycles. The van der Waals surface area contributed by atoms with E-state index in [0.29, 0.717) is 18.0 Å². The summed E-state index contributed by atoms with van der Waals surface area (Å²) in [6.45, 7) is 10.9. The van der Waals surface area contributed by atoms with E-state index in [9.17, 15) is 18.0 Å². The van der Waals surface area contributed by atoms with Crippen LogP contribution in [0.2, 0.25) is 0 Å². The van der Waals surface area contributed by atoms with Crippen molar-refractivity contribution >= 4 is 21.8 Å². The summed E-state index contributed by atoms with van der Waals surface area (Å²) < 4.78 is 28.5. The van der Waals surface area contributed by atoms with Crippen molar-refractivity contribution in [2.45, 2.75) is 77.7 Å². The first-order chi connectivity index (χ1) is 14.5. The maximum atomic E-state index is 12.9. The van der Waals surface area contributed by atoms with Crippen LogP contribution in [0.1, 0.15) is 59.9 Å². The van der Waals surface area contributed by atoms with E-state index in [1.54, 1.807) is 0 Å². The Kier molecular flexibility index (Phi) is 7.11. The smallest absolute Gasteiger partial charge is 0.241 e. The first-order valence-corrected chi connectivity index (χ1v) is 12.7. The molecule has 0 bridgehead atoms. The van der Waals surface area contributed by atoms with Crippen LogP contribution in [0.4, 0.5) is 0 Å². The van der Waals surface area contributed by atoms with Crippen LogP contribution in [-0.4, -0.2) is 50.8 Å². The second-order valence-electron chi connectivity index (χ2n) is 9.04. The number of sulfonamides is 1. The first kappa shape index (κ1) is 23.7. The molecule has 0 radical (unpaired) electrons. The van der Waals surface area contributed by atoms with Gasteiger partial charge in [0.1, 0.15) is 0 Å². The van der Waals surface area contributed by atoms with Gasteiger partial charge in [-0.15, -0.1) is 0 Å². The van der Waals surface area contributed by atoms with Gasteiger partial charge in [-0.25, -0.2) is 13.1 Å². The molecule has 172 valence electrons. The molecule has 0 unspecified atom stereocenters. The van der Waals surface area contributed by atoms with Gasteiger partial charge in [0, 0.05) is 38.0 Å². The van der Waals surface area contributed by atoms with E-state index >= 15 is 0 Å². The molecular formula is C23H35N3O4S. The fourth-order valence-corrected chi connectivity index (χ4v) is 6.00. The van der Waals surface area contributed by atoms with Crippen LogP contribution in [0.3, 0.4) is 0 Å². The van der Waals surface area contributed by atoms with Gasteiger partial charge in [-0.05, 0) is 88.1 Å². The lowest BCUT2D eigenvalue weighted by Crippen LogP contribution is -2.47. The molecule has 7 nitrogen and oxygen atoms in total. The van der Waals surface area contributed by atoms with E-state index in [1.165, 1.54) is 0 Å². The van der Waals surface area contributed by atoms with Crippen LogP contribution in [0, 0.1) is 40.5 Å². The number of amides is 2. The van der Waals surface area contributed by atoms with E-state index in [4.69, 9.17) is 0 Å². The van der Waals surface area contributed by atoms with Gasteiger partial charge < -0.3 is 10.2 Å². The normalized spacial score (nSPS) is 17.6. The number of rotatable bonds is 7. The number of hydrogen-bond donors (Lipinski definition) is 2. The minimum Gasteiger partial charge on any atom is -0.353 e. The Morgan fingerprint density at radius 3 is 1.90 bits per heavy atom. The molecule has 1 saturated heterocycles. The lowest BCUT2D eigenvalue weighted by atomic mass is 9.95. The Balaban J connectivity index is 1.50. The number of nitrogens with zero attached hydrogens (tertiary/aromatic N) is 1. The number of likely N-dealkylation sites (tertiary alicyclic amines) is 1. The topological polar surface area (TPSA) is 95.6 Å². The van der Waals surface area contributed by atoms with Gasteiger partial charge >= 0.3 is 0 Å². The van der Waals surface area contributed by atoms with E-state index in [2.05, 4.69) is 10.0 Å². The van der Waals surface area contributed by atoms with Crippen molar-refractivity contribution in [3.63, 3.8) is 0 Å². The van der Waals surface area contributed by atoms with Crippen LogP contribution in [0.5, 0.6) is 0 Å². The molecule has 2 amide bonds. The van der Waals surface area contributed by atoms with Gasteiger partial charge in [0.2, 0.25) is 21.8 Å². The van der Waals surface area contributed by atoms with Crippen LogP contribution in [-0.2, 0) is 19.6 Å². The summed E-state index contributed by atoms with van der Waals surface area (Å²) in [6.07, 6.45) is 3.59. The molecule has 3 rings (SSSR count). The standard InChI is InChI=1S/C23H35N3O4S/c1-14-15(2)17(4)22(18(5)16(14)3)31(29,30)24-11-8-21(27)25-20-9-12-26(13-10-20)23(28)19-6-7-19/h19-20,24H,6-13H2,1-5H3,(H,25,27). The number of piperidine rings is 1. The Hall–Kier alpha value is -1.93. The molecule has 31 heavy (non-hydrogen) atoms. The van der Waals surface area contributed by atoms with Gasteiger partial charge in [0.25, 0.3) is 0 Å². The second-order valence-corrected chi connectivity index (χ2v) is 10.7. The Bertz CT molecular complexity index is 946. The monoisotopic (exact) mass is 449 g/mol. The highest BCUT2D eigenvalue weighted by Crippen LogP contribution is 2.32. The van der Waals surface area contributed by atoms with E-state index in [-0.39, 0.29) is 36.7 Å². The van der Waals surface area contributed by atoms with Gasteiger partial charge in [-0.1, -0.05) is 0 Å². The fourth-order valence-electron chi connectivity index (χ4n) is 4.37. The molecule has 0 atom stereocenters. The van der Waals surface area contributed by atoms with Gasteiger partial charge in [-0.3, -0.25) is 9.59 Å². The fraction of sp³-hybridized carbons (Fsp3) is 0.652.